The van der Waals surface area contributed by atoms with Crippen LogP contribution in [0.15, 0.2) is 0 Å². The van der Waals surface area contributed by atoms with Crippen molar-refractivity contribution in [1.29, 1.82) is 0 Å². The third-order valence-corrected chi connectivity index (χ3v) is 2.06. The molecule has 1 fully saturated rings. The first-order valence-electron chi connectivity index (χ1n) is 3.93. The van der Waals surface area contributed by atoms with Crippen LogP contribution in [0.5, 0.6) is 0 Å². The van der Waals surface area contributed by atoms with Crippen molar-refractivity contribution in [3.63, 3.8) is 0 Å². The summed E-state index contributed by atoms with van der Waals surface area (Å²) in [5, 5.41) is 0. The van der Waals surface area contributed by atoms with Crippen molar-refractivity contribution in [2.45, 2.75) is 32.3 Å². The maximum absolute atomic E-state index is 10.4. The van der Waals surface area contributed by atoms with E-state index in [9.17, 15) is 4.79 Å². The Bertz CT molecular complexity index is 112. The van der Waals surface area contributed by atoms with Gasteiger partial charge in [-0.2, -0.15) is 0 Å². The van der Waals surface area contributed by atoms with Crippen LogP contribution in [0.25, 0.3) is 0 Å². The summed E-state index contributed by atoms with van der Waals surface area (Å²) < 4.78 is 5.40. The number of ether oxygens (including phenoxy) is 1. The monoisotopic (exact) mass is 142 g/mol. The van der Waals surface area contributed by atoms with E-state index in [0.29, 0.717) is 6.10 Å². The minimum atomic E-state index is 0.263. The Labute approximate surface area is 61.6 Å². The minimum absolute atomic E-state index is 0.263. The van der Waals surface area contributed by atoms with Crippen LogP contribution in [0.3, 0.4) is 0 Å². The van der Waals surface area contributed by atoms with Crippen LogP contribution in [0, 0.1) is 5.92 Å². The second kappa shape index (κ2) is 3.71. The largest absolute Gasteiger partial charge is 0.378 e. The molecule has 1 aliphatic rings. The van der Waals surface area contributed by atoms with Gasteiger partial charge in [0, 0.05) is 12.5 Å². The van der Waals surface area contributed by atoms with E-state index >= 15 is 0 Å². The smallest absolute Gasteiger partial charge is 0.123 e. The Balaban J connectivity index is 2.31. The van der Waals surface area contributed by atoms with Gasteiger partial charge in [-0.25, -0.2) is 0 Å². The molecule has 0 bridgehead atoms. The van der Waals surface area contributed by atoms with Crippen LogP contribution in [-0.4, -0.2) is 19.0 Å². The first-order valence-corrected chi connectivity index (χ1v) is 3.93. The predicted molar refractivity (Wildman–Crippen MR) is 38.8 cm³/mol. The molecule has 0 aliphatic carbocycles. The Morgan fingerprint density at radius 1 is 1.70 bits per heavy atom. The van der Waals surface area contributed by atoms with E-state index in [2.05, 4.69) is 6.92 Å². The summed E-state index contributed by atoms with van der Waals surface area (Å²) in [5.41, 5.74) is 0. The fourth-order valence-corrected chi connectivity index (χ4v) is 1.32. The molecule has 0 spiro atoms. The summed E-state index contributed by atoms with van der Waals surface area (Å²) >= 11 is 0. The van der Waals surface area contributed by atoms with E-state index in [-0.39, 0.29) is 5.92 Å². The van der Waals surface area contributed by atoms with Crippen molar-refractivity contribution < 1.29 is 9.53 Å². The lowest BCUT2D eigenvalue weighted by Gasteiger charge is -2.25. The molecular formula is C8H14O2. The van der Waals surface area contributed by atoms with Gasteiger partial charge in [0.2, 0.25) is 0 Å². The van der Waals surface area contributed by atoms with Gasteiger partial charge in [-0.05, 0) is 19.3 Å². The third kappa shape index (κ3) is 1.81. The van der Waals surface area contributed by atoms with Gasteiger partial charge in [0.25, 0.3) is 0 Å². The van der Waals surface area contributed by atoms with E-state index < -0.39 is 0 Å². The lowest BCUT2D eigenvalue weighted by molar-refractivity contribution is -0.115. The topological polar surface area (TPSA) is 26.3 Å². The third-order valence-electron chi connectivity index (χ3n) is 2.06. The molecule has 58 valence electrons. The summed E-state index contributed by atoms with van der Waals surface area (Å²) in [6, 6.07) is 0. The Morgan fingerprint density at radius 3 is 3.10 bits per heavy atom. The number of carbonyl (C=O) groups excluding carboxylic acids is 1. The number of aldehydes is 1. The van der Waals surface area contributed by atoms with Gasteiger partial charge in [0.1, 0.15) is 6.29 Å². The average Bonchev–Trinajstić information content (AvgIpc) is 2.05. The summed E-state index contributed by atoms with van der Waals surface area (Å²) in [4.78, 5) is 10.4. The van der Waals surface area contributed by atoms with E-state index in [1.165, 1.54) is 0 Å². The van der Waals surface area contributed by atoms with Crippen molar-refractivity contribution in [2.24, 2.45) is 5.92 Å². The highest BCUT2D eigenvalue weighted by molar-refractivity contribution is 5.53. The SMILES string of the molecule is CC[C@H]1C[C@H](C=O)CCO1. The molecule has 1 rings (SSSR count). The Morgan fingerprint density at radius 2 is 2.50 bits per heavy atom. The van der Waals surface area contributed by atoms with Crippen molar-refractivity contribution in [3.05, 3.63) is 0 Å². The number of hydrogen-bond donors (Lipinski definition) is 0. The van der Waals surface area contributed by atoms with E-state index in [1.54, 1.807) is 0 Å². The molecule has 0 saturated carbocycles. The van der Waals surface area contributed by atoms with Gasteiger partial charge in [-0.15, -0.1) is 0 Å². The maximum atomic E-state index is 10.4. The van der Waals surface area contributed by atoms with Gasteiger partial charge in [-0.1, -0.05) is 6.92 Å². The van der Waals surface area contributed by atoms with Crippen LogP contribution < -0.4 is 0 Å². The fourth-order valence-electron chi connectivity index (χ4n) is 1.32. The first-order chi connectivity index (χ1) is 4.86. The van der Waals surface area contributed by atoms with Gasteiger partial charge in [0.05, 0.1) is 6.10 Å². The standard InChI is InChI=1S/C8H14O2/c1-2-8-5-7(6-9)3-4-10-8/h6-8H,2-5H2,1H3/t7-,8+/m1/s1. The molecule has 1 saturated heterocycles. The van der Waals surface area contributed by atoms with Gasteiger partial charge < -0.3 is 9.53 Å². The van der Waals surface area contributed by atoms with Crippen LogP contribution >= 0.6 is 0 Å². The molecular weight excluding hydrogens is 128 g/mol. The molecule has 0 aromatic heterocycles. The highest BCUT2D eigenvalue weighted by Gasteiger charge is 2.19. The summed E-state index contributed by atoms with van der Waals surface area (Å²) in [6.07, 6.45) is 4.28. The molecule has 2 heteroatoms. The molecule has 0 amide bonds. The van der Waals surface area contributed by atoms with Crippen molar-refractivity contribution in [2.75, 3.05) is 6.61 Å². The van der Waals surface area contributed by atoms with Crippen molar-refractivity contribution in [3.8, 4) is 0 Å². The first kappa shape index (κ1) is 7.73. The minimum Gasteiger partial charge on any atom is -0.378 e. The average molecular weight is 142 g/mol. The van der Waals surface area contributed by atoms with Crippen molar-refractivity contribution in [1.82, 2.24) is 0 Å². The second-order valence-corrected chi connectivity index (χ2v) is 2.82. The predicted octanol–water partition coefficient (Wildman–Crippen LogP) is 1.39. The lowest BCUT2D eigenvalue weighted by atomic mass is 9.96. The van der Waals surface area contributed by atoms with E-state index in [1.807, 2.05) is 0 Å². The van der Waals surface area contributed by atoms with Gasteiger partial charge >= 0.3 is 0 Å². The summed E-state index contributed by atoms with van der Waals surface area (Å²) in [5.74, 6) is 0.263. The maximum Gasteiger partial charge on any atom is 0.123 e. The van der Waals surface area contributed by atoms with E-state index in [0.717, 1.165) is 32.2 Å². The molecule has 1 heterocycles. The molecule has 0 radical (unpaired) electrons. The second-order valence-electron chi connectivity index (χ2n) is 2.82. The normalized spacial score (nSPS) is 33.7. The molecule has 2 nitrogen and oxygen atoms in total. The molecule has 0 aromatic rings. The zero-order chi connectivity index (χ0) is 7.40. The molecule has 2 atom stereocenters. The Hall–Kier alpha value is -0.370. The van der Waals surface area contributed by atoms with Crippen LogP contribution in [-0.2, 0) is 9.53 Å². The van der Waals surface area contributed by atoms with Gasteiger partial charge in [-0.3, -0.25) is 0 Å². The fraction of sp³-hybridized carbons (Fsp3) is 0.875. The van der Waals surface area contributed by atoms with Crippen LogP contribution in [0.2, 0.25) is 0 Å². The zero-order valence-electron chi connectivity index (χ0n) is 6.38. The highest BCUT2D eigenvalue weighted by Crippen LogP contribution is 2.19. The van der Waals surface area contributed by atoms with Crippen LogP contribution in [0.1, 0.15) is 26.2 Å². The molecule has 0 N–H and O–H groups in total. The molecule has 1 aliphatic heterocycles. The highest BCUT2D eigenvalue weighted by atomic mass is 16.5. The van der Waals surface area contributed by atoms with Crippen LogP contribution in [0.4, 0.5) is 0 Å². The Kier molecular flexibility index (Phi) is 2.87. The van der Waals surface area contributed by atoms with Crippen molar-refractivity contribution >= 4 is 6.29 Å². The molecule has 0 aromatic carbocycles. The number of hydrogen-bond acceptors (Lipinski definition) is 2. The quantitative estimate of drug-likeness (QED) is 0.544. The zero-order valence-corrected chi connectivity index (χ0v) is 6.38. The molecule has 10 heavy (non-hydrogen) atoms. The number of carbonyl (C=O) groups is 1. The summed E-state index contributed by atoms with van der Waals surface area (Å²) in [7, 11) is 0. The lowest BCUT2D eigenvalue weighted by Crippen LogP contribution is -2.25. The molecule has 0 unspecified atom stereocenters. The summed E-state index contributed by atoms with van der Waals surface area (Å²) in [6.45, 7) is 2.86. The van der Waals surface area contributed by atoms with E-state index in [4.69, 9.17) is 4.74 Å². The number of rotatable bonds is 2. The van der Waals surface area contributed by atoms with Gasteiger partial charge in [0.15, 0.2) is 0 Å².